The largest absolute Gasteiger partial charge is 0.324 e. The molecule has 2 aromatic rings. The van der Waals surface area contributed by atoms with Crippen LogP contribution in [0.15, 0.2) is 18.2 Å². The van der Waals surface area contributed by atoms with Crippen LogP contribution in [0.25, 0.3) is 11.0 Å². The van der Waals surface area contributed by atoms with Crippen LogP contribution in [0.1, 0.15) is 30.3 Å². The molecular formula is C14H19N3. The molecule has 1 atom stereocenters. The first-order valence-electron chi connectivity index (χ1n) is 6.41. The van der Waals surface area contributed by atoms with Crippen molar-refractivity contribution in [2.75, 3.05) is 13.1 Å². The predicted molar refractivity (Wildman–Crippen MR) is 70.3 cm³/mol. The molecular weight excluding hydrogens is 210 g/mol. The Morgan fingerprint density at radius 1 is 1.35 bits per heavy atom. The van der Waals surface area contributed by atoms with Crippen molar-refractivity contribution in [2.24, 2.45) is 0 Å². The van der Waals surface area contributed by atoms with E-state index in [9.17, 15) is 0 Å². The highest BCUT2D eigenvalue weighted by Gasteiger charge is 2.19. The van der Waals surface area contributed by atoms with E-state index in [0.29, 0.717) is 6.04 Å². The monoisotopic (exact) mass is 229 g/mol. The molecule has 0 spiro atoms. The van der Waals surface area contributed by atoms with Gasteiger partial charge in [0, 0.05) is 12.6 Å². The quantitative estimate of drug-likeness (QED) is 0.814. The molecule has 3 nitrogen and oxygen atoms in total. The van der Waals surface area contributed by atoms with Crippen LogP contribution in [0.2, 0.25) is 0 Å². The summed E-state index contributed by atoms with van der Waals surface area (Å²) in [6.45, 7) is 6.48. The minimum absolute atomic E-state index is 0.565. The van der Waals surface area contributed by atoms with Gasteiger partial charge in [-0.05, 0) is 50.9 Å². The van der Waals surface area contributed by atoms with Crippen LogP contribution in [0.4, 0.5) is 0 Å². The molecule has 3 rings (SSSR count). The molecule has 17 heavy (non-hydrogen) atoms. The summed E-state index contributed by atoms with van der Waals surface area (Å²) in [7, 11) is 0. The van der Waals surface area contributed by atoms with Crippen LogP contribution in [0.5, 0.6) is 0 Å². The van der Waals surface area contributed by atoms with E-state index in [-0.39, 0.29) is 0 Å². The van der Waals surface area contributed by atoms with Crippen LogP contribution in [-0.4, -0.2) is 22.6 Å². The highest BCUT2D eigenvalue weighted by atomic mass is 15.1. The second kappa shape index (κ2) is 4.15. The molecule has 0 aliphatic carbocycles. The summed E-state index contributed by atoms with van der Waals surface area (Å²) in [4.78, 5) is 4.66. The molecule has 0 radical (unpaired) electrons. The lowest BCUT2D eigenvalue weighted by molar-refractivity contribution is 0.373. The lowest BCUT2D eigenvalue weighted by Gasteiger charge is -2.25. The molecule has 1 unspecified atom stereocenters. The molecule has 90 valence electrons. The smallest absolute Gasteiger partial charge is 0.107 e. The third kappa shape index (κ3) is 1.84. The first-order chi connectivity index (χ1) is 8.25. The van der Waals surface area contributed by atoms with Gasteiger partial charge in [-0.15, -0.1) is 0 Å². The number of hydrogen-bond donors (Lipinski definition) is 1. The number of imidazole rings is 1. The SMILES string of the molecule is Cc1ccc2nc(C)n(C3CCCNC3)c2c1. The molecule has 1 aliphatic rings. The average Bonchev–Trinajstić information content (AvgIpc) is 2.65. The van der Waals surface area contributed by atoms with Gasteiger partial charge in [0.05, 0.1) is 11.0 Å². The van der Waals surface area contributed by atoms with Gasteiger partial charge in [0.25, 0.3) is 0 Å². The van der Waals surface area contributed by atoms with Gasteiger partial charge >= 0.3 is 0 Å². The van der Waals surface area contributed by atoms with E-state index in [2.05, 4.69) is 46.9 Å². The third-order valence-corrected chi connectivity index (χ3v) is 3.66. The van der Waals surface area contributed by atoms with Gasteiger partial charge < -0.3 is 9.88 Å². The maximum atomic E-state index is 4.66. The first kappa shape index (κ1) is 10.8. The van der Waals surface area contributed by atoms with Gasteiger partial charge in [0.15, 0.2) is 0 Å². The fourth-order valence-corrected chi connectivity index (χ4v) is 2.84. The molecule has 3 heteroatoms. The number of piperidine rings is 1. The lowest BCUT2D eigenvalue weighted by atomic mass is 10.1. The van der Waals surface area contributed by atoms with Gasteiger partial charge in [-0.2, -0.15) is 0 Å². The summed E-state index contributed by atoms with van der Waals surface area (Å²) >= 11 is 0. The standard InChI is InChI=1S/C14H19N3/c1-10-5-6-13-14(8-10)17(11(2)16-13)12-4-3-7-15-9-12/h5-6,8,12,15H,3-4,7,9H2,1-2H3. The van der Waals surface area contributed by atoms with Gasteiger partial charge in [0.2, 0.25) is 0 Å². The number of benzene rings is 1. The summed E-state index contributed by atoms with van der Waals surface area (Å²) in [6, 6.07) is 7.09. The maximum absolute atomic E-state index is 4.66. The molecule has 1 N–H and O–H groups in total. The second-order valence-corrected chi connectivity index (χ2v) is 5.02. The van der Waals surface area contributed by atoms with Crippen LogP contribution in [0.3, 0.4) is 0 Å². The van der Waals surface area contributed by atoms with Gasteiger partial charge in [-0.1, -0.05) is 6.07 Å². The fraction of sp³-hybridized carbons (Fsp3) is 0.500. The molecule has 1 saturated heterocycles. The van der Waals surface area contributed by atoms with Crippen molar-refractivity contribution < 1.29 is 0 Å². The van der Waals surface area contributed by atoms with Gasteiger partial charge in [-0.25, -0.2) is 4.98 Å². The number of hydrogen-bond acceptors (Lipinski definition) is 2. The van der Waals surface area contributed by atoms with E-state index in [0.717, 1.165) is 24.4 Å². The van der Waals surface area contributed by atoms with Crippen molar-refractivity contribution in [3.05, 3.63) is 29.6 Å². The topological polar surface area (TPSA) is 29.9 Å². The van der Waals surface area contributed by atoms with E-state index in [1.807, 2.05) is 0 Å². The zero-order valence-corrected chi connectivity index (χ0v) is 10.5. The van der Waals surface area contributed by atoms with Crippen molar-refractivity contribution in [3.8, 4) is 0 Å². The Morgan fingerprint density at radius 3 is 3.00 bits per heavy atom. The van der Waals surface area contributed by atoms with Crippen LogP contribution < -0.4 is 5.32 Å². The van der Waals surface area contributed by atoms with Crippen LogP contribution in [0, 0.1) is 13.8 Å². The van der Waals surface area contributed by atoms with Gasteiger partial charge in [-0.3, -0.25) is 0 Å². The van der Waals surface area contributed by atoms with E-state index in [1.165, 1.54) is 23.9 Å². The molecule has 1 aromatic carbocycles. The lowest BCUT2D eigenvalue weighted by Crippen LogP contribution is -2.32. The fourth-order valence-electron chi connectivity index (χ4n) is 2.84. The van der Waals surface area contributed by atoms with E-state index >= 15 is 0 Å². The van der Waals surface area contributed by atoms with E-state index < -0.39 is 0 Å². The number of rotatable bonds is 1. The summed E-state index contributed by atoms with van der Waals surface area (Å²) in [5.74, 6) is 1.14. The average molecular weight is 229 g/mol. The Labute approximate surface area is 102 Å². The van der Waals surface area contributed by atoms with Crippen molar-refractivity contribution in [3.63, 3.8) is 0 Å². The zero-order chi connectivity index (χ0) is 11.8. The molecule has 1 fully saturated rings. The number of aromatic nitrogens is 2. The maximum Gasteiger partial charge on any atom is 0.107 e. The van der Waals surface area contributed by atoms with Crippen molar-refractivity contribution >= 4 is 11.0 Å². The minimum Gasteiger partial charge on any atom is -0.324 e. The van der Waals surface area contributed by atoms with Crippen LogP contribution >= 0.6 is 0 Å². The Morgan fingerprint density at radius 2 is 2.24 bits per heavy atom. The number of nitrogens with one attached hydrogen (secondary N) is 1. The van der Waals surface area contributed by atoms with Crippen molar-refractivity contribution in [1.29, 1.82) is 0 Å². The summed E-state index contributed by atoms with van der Waals surface area (Å²) in [5, 5.41) is 3.48. The summed E-state index contributed by atoms with van der Waals surface area (Å²) in [5.41, 5.74) is 3.72. The van der Waals surface area contributed by atoms with Crippen molar-refractivity contribution in [2.45, 2.75) is 32.7 Å². The minimum atomic E-state index is 0.565. The highest BCUT2D eigenvalue weighted by Crippen LogP contribution is 2.25. The predicted octanol–water partition coefficient (Wildman–Crippen LogP) is 2.58. The van der Waals surface area contributed by atoms with Crippen LogP contribution in [-0.2, 0) is 0 Å². The molecule has 2 heterocycles. The number of aryl methyl sites for hydroxylation is 2. The van der Waals surface area contributed by atoms with E-state index in [1.54, 1.807) is 0 Å². The van der Waals surface area contributed by atoms with Crippen molar-refractivity contribution in [1.82, 2.24) is 14.9 Å². The summed E-state index contributed by atoms with van der Waals surface area (Å²) in [6.07, 6.45) is 2.52. The first-order valence-corrected chi connectivity index (χ1v) is 6.41. The Bertz CT molecular complexity index is 536. The Hall–Kier alpha value is -1.35. The van der Waals surface area contributed by atoms with E-state index in [4.69, 9.17) is 0 Å². The molecule has 0 bridgehead atoms. The Kier molecular flexibility index (Phi) is 2.63. The highest BCUT2D eigenvalue weighted by molar-refractivity contribution is 5.77. The number of nitrogens with zero attached hydrogens (tertiary/aromatic N) is 2. The number of fused-ring (bicyclic) bond motifs is 1. The molecule has 0 amide bonds. The molecule has 0 saturated carbocycles. The Balaban J connectivity index is 2.13. The summed E-state index contributed by atoms with van der Waals surface area (Å²) < 4.78 is 2.41. The molecule has 1 aliphatic heterocycles. The second-order valence-electron chi connectivity index (χ2n) is 5.02. The third-order valence-electron chi connectivity index (χ3n) is 3.66. The zero-order valence-electron chi connectivity index (χ0n) is 10.5. The van der Waals surface area contributed by atoms with Gasteiger partial charge in [0.1, 0.15) is 5.82 Å². The normalized spacial score (nSPS) is 20.9. The molecule has 1 aromatic heterocycles.